The van der Waals surface area contributed by atoms with E-state index in [4.69, 9.17) is 9.15 Å². The van der Waals surface area contributed by atoms with Gasteiger partial charge in [0.2, 0.25) is 0 Å². The van der Waals surface area contributed by atoms with Gasteiger partial charge in [-0.3, -0.25) is 0 Å². The van der Waals surface area contributed by atoms with Gasteiger partial charge in [-0.2, -0.15) is 0 Å². The van der Waals surface area contributed by atoms with Crippen LogP contribution in [0.5, 0.6) is 5.75 Å². The highest BCUT2D eigenvalue weighted by Gasteiger charge is 2.20. The highest BCUT2D eigenvalue weighted by atomic mass is 16.5. The number of ether oxygens (including phenoxy) is 1. The van der Waals surface area contributed by atoms with Crippen molar-refractivity contribution >= 4 is 11.0 Å². The van der Waals surface area contributed by atoms with Crippen molar-refractivity contribution in [1.29, 1.82) is 0 Å². The molecular formula is C15H19NO2. The van der Waals surface area contributed by atoms with E-state index >= 15 is 0 Å². The van der Waals surface area contributed by atoms with E-state index < -0.39 is 0 Å². The first-order valence-corrected chi connectivity index (χ1v) is 6.73. The Balaban J connectivity index is 1.77. The van der Waals surface area contributed by atoms with Crippen LogP contribution < -0.4 is 10.1 Å². The molecule has 0 saturated heterocycles. The van der Waals surface area contributed by atoms with Gasteiger partial charge in [-0.1, -0.05) is 12.1 Å². The molecule has 1 N–H and O–H groups in total. The predicted molar refractivity (Wildman–Crippen MR) is 72.1 cm³/mol. The topological polar surface area (TPSA) is 34.4 Å². The minimum atomic E-state index is 0.665. The van der Waals surface area contributed by atoms with Crippen molar-refractivity contribution in [1.82, 2.24) is 5.32 Å². The second-order valence-corrected chi connectivity index (χ2v) is 4.81. The lowest BCUT2D eigenvalue weighted by atomic mass is 10.1. The maximum atomic E-state index is 5.65. The zero-order valence-electron chi connectivity index (χ0n) is 10.7. The Morgan fingerprint density at radius 3 is 3.06 bits per heavy atom. The van der Waals surface area contributed by atoms with Gasteiger partial charge >= 0.3 is 0 Å². The number of hydrogen-bond acceptors (Lipinski definition) is 3. The molecule has 0 bridgehead atoms. The normalized spacial score (nSPS) is 15.2. The average Bonchev–Trinajstić information content (AvgIpc) is 3.11. The predicted octanol–water partition coefficient (Wildman–Crippen LogP) is 3.13. The molecule has 1 saturated carbocycles. The van der Waals surface area contributed by atoms with Crippen molar-refractivity contribution < 1.29 is 9.15 Å². The van der Waals surface area contributed by atoms with Crippen LogP contribution in [0.4, 0.5) is 0 Å². The smallest absolute Gasteiger partial charge is 0.175 e. The summed E-state index contributed by atoms with van der Waals surface area (Å²) in [5, 5.41) is 4.71. The molecule has 1 aromatic heterocycles. The van der Waals surface area contributed by atoms with Crippen LogP contribution in [0.25, 0.3) is 11.0 Å². The molecule has 0 atom stereocenters. The van der Waals surface area contributed by atoms with Crippen molar-refractivity contribution in [3.63, 3.8) is 0 Å². The summed E-state index contributed by atoms with van der Waals surface area (Å²) >= 11 is 0. The molecule has 0 spiro atoms. The zero-order chi connectivity index (χ0) is 12.4. The number of furan rings is 1. The Kier molecular flexibility index (Phi) is 3.24. The minimum absolute atomic E-state index is 0.665. The summed E-state index contributed by atoms with van der Waals surface area (Å²) in [5.74, 6) is 0.844. The van der Waals surface area contributed by atoms with E-state index in [0.717, 1.165) is 30.3 Å². The van der Waals surface area contributed by atoms with Crippen LogP contribution in [0.3, 0.4) is 0 Å². The summed E-state index contributed by atoms with van der Waals surface area (Å²) in [6, 6.07) is 6.86. The summed E-state index contributed by atoms with van der Waals surface area (Å²) in [7, 11) is 0. The van der Waals surface area contributed by atoms with E-state index in [1.807, 2.05) is 25.3 Å². The maximum absolute atomic E-state index is 5.65. The average molecular weight is 245 g/mol. The lowest BCUT2D eigenvalue weighted by Crippen LogP contribution is -2.19. The molecule has 3 heteroatoms. The van der Waals surface area contributed by atoms with E-state index in [9.17, 15) is 0 Å². The standard InChI is InChI=1S/C15H19NO2/c1-2-17-14-5-3-4-13-11(10-18-15(13)14)8-9-16-12-6-7-12/h3-5,10,12,16H,2,6-9H2,1H3. The quantitative estimate of drug-likeness (QED) is 0.849. The van der Waals surface area contributed by atoms with E-state index in [1.54, 1.807) is 0 Å². The summed E-state index contributed by atoms with van der Waals surface area (Å²) in [6.45, 7) is 3.68. The van der Waals surface area contributed by atoms with Gasteiger partial charge in [-0.25, -0.2) is 0 Å². The first-order chi connectivity index (χ1) is 8.88. The first-order valence-electron chi connectivity index (χ1n) is 6.73. The van der Waals surface area contributed by atoms with Crippen LogP contribution in [0.1, 0.15) is 25.3 Å². The third-order valence-corrected chi connectivity index (χ3v) is 3.35. The van der Waals surface area contributed by atoms with Crippen molar-refractivity contribution in [3.05, 3.63) is 30.0 Å². The number of hydrogen-bond donors (Lipinski definition) is 1. The Bertz CT molecular complexity index is 528. The molecular weight excluding hydrogens is 226 g/mol. The van der Waals surface area contributed by atoms with Crippen molar-refractivity contribution in [3.8, 4) is 5.75 Å². The molecule has 1 aliphatic carbocycles. The third-order valence-electron chi connectivity index (χ3n) is 3.35. The van der Waals surface area contributed by atoms with Crippen molar-refractivity contribution in [2.24, 2.45) is 0 Å². The molecule has 96 valence electrons. The fraction of sp³-hybridized carbons (Fsp3) is 0.467. The van der Waals surface area contributed by atoms with Crippen LogP contribution in [0, 0.1) is 0 Å². The Labute approximate surface area is 107 Å². The van der Waals surface area contributed by atoms with Crippen molar-refractivity contribution in [2.75, 3.05) is 13.2 Å². The number of rotatable bonds is 6. The van der Waals surface area contributed by atoms with Gasteiger partial charge in [0.05, 0.1) is 12.9 Å². The van der Waals surface area contributed by atoms with Gasteiger partial charge in [0.1, 0.15) is 0 Å². The van der Waals surface area contributed by atoms with Gasteiger partial charge in [0.15, 0.2) is 11.3 Å². The fourth-order valence-electron chi connectivity index (χ4n) is 2.24. The Morgan fingerprint density at radius 2 is 2.28 bits per heavy atom. The van der Waals surface area contributed by atoms with Gasteiger partial charge in [0, 0.05) is 11.4 Å². The zero-order valence-corrected chi connectivity index (χ0v) is 10.7. The summed E-state index contributed by atoms with van der Waals surface area (Å²) < 4.78 is 11.2. The SMILES string of the molecule is CCOc1cccc2c(CCNC3CC3)coc12. The highest BCUT2D eigenvalue weighted by molar-refractivity contribution is 5.86. The number of nitrogens with one attached hydrogen (secondary N) is 1. The fourth-order valence-corrected chi connectivity index (χ4v) is 2.24. The van der Waals surface area contributed by atoms with E-state index in [0.29, 0.717) is 6.61 Å². The van der Waals surface area contributed by atoms with E-state index in [-0.39, 0.29) is 0 Å². The monoisotopic (exact) mass is 245 g/mol. The number of para-hydroxylation sites is 1. The van der Waals surface area contributed by atoms with Crippen LogP contribution in [-0.4, -0.2) is 19.2 Å². The van der Waals surface area contributed by atoms with Crippen LogP contribution in [0.2, 0.25) is 0 Å². The second kappa shape index (κ2) is 5.02. The van der Waals surface area contributed by atoms with Crippen LogP contribution >= 0.6 is 0 Å². The lowest BCUT2D eigenvalue weighted by Gasteiger charge is -2.03. The molecule has 0 aliphatic heterocycles. The molecule has 3 nitrogen and oxygen atoms in total. The number of fused-ring (bicyclic) bond motifs is 1. The molecule has 1 heterocycles. The van der Waals surface area contributed by atoms with Gasteiger partial charge in [0.25, 0.3) is 0 Å². The first kappa shape index (κ1) is 11.6. The largest absolute Gasteiger partial charge is 0.490 e. The molecule has 3 rings (SSSR count). The molecule has 2 aromatic rings. The number of benzene rings is 1. The molecule has 1 aromatic carbocycles. The molecule has 18 heavy (non-hydrogen) atoms. The summed E-state index contributed by atoms with van der Waals surface area (Å²) in [5.41, 5.74) is 2.14. The minimum Gasteiger partial charge on any atom is -0.490 e. The second-order valence-electron chi connectivity index (χ2n) is 4.81. The molecule has 0 radical (unpaired) electrons. The van der Waals surface area contributed by atoms with Crippen LogP contribution in [-0.2, 0) is 6.42 Å². The molecule has 0 amide bonds. The molecule has 0 unspecified atom stereocenters. The third kappa shape index (κ3) is 2.36. The molecule has 1 aliphatic rings. The summed E-state index contributed by atoms with van der Waals surface area (Å²) in [6.07, 6.45) is 5.54. The van der Waals surface area contributed by atoms with Gasteiger partial charge in [-0.15, -0.1) is 0 Å². The van der Waals surface area contributed by atoms with E-state index in [1.165, 1.54) is 23.8 Å². The van der Waals surface area contributed by atoms with Crippen molar-refractivity contribution in [2.45, 2.75) is 32.2 Å². The summed E-state index contributed by atoms with van der Waals surface area (Å²) in [4.78, 5) is 0. The lowest BCUT2D eigenvalue weighted by molar-refractivity contribution is 0.338. The Hall–Kier alpha value is -1.48. The highest BCUT2D eigenvalue weighted by Crippen LogP contribution is 2.30. The van der Waals surface area contributed by atoms with Gasteiger partial charge in [-0.05, 0) is 44.4 Å². The van der Waals surface area contributed by atoms with E-state index in [2.05, 4.69) is 11.4 Å². The van der Waals surface area contributed by atoms with Crippen LogP contribution in [0.15, 0.2) is 28.9 Å². The molecule has 1 fully saturated rings. The van der Waals surface area contributed by atoms with Gasteiger partial charge < -0.3 is 14.5 Å². The maximum Gasteiger partial charge on any atom is 0.175 e. The Morgan fingerprint density at radius 1 is 1.39 bits per heavy atom.